The van der Waals surface area contributed by atoms with Crippen LogP contribution in [0.3, 0.4) is 0 Å². The van der Waals surface area contributed by atoms with E-state index in [1.54, 1.807) is 24.3 Å². The van der Waals surface area contributed by atoms with Gasteiger partial charge in [0, 0.05) is 16.7 Å². The fourth-order valence-electron chi connectivity index (χ4n) is 3.45. The first-order valence-electron chi connectivity index (χ1n) is 10.8. The van der Waals surface area contributed by atoms with Crippen LogP contribution in [0.4, 0.5) is 13.2 Å². The maximum absolute atomic E-state index is 13.1. The van der Waals surface area contributed by atoms with Gasteiger partial charge in [-0.1, -0.05) is 78.9 Å². The summed E-state index contributed by atoms with van der Waals surface area (Å²) >= 11 is 0. The molecule has 1 N–H and O–H groups in total. The van der Waals surface area contributed by atoms with E-state index >= 15 is 0 Å². The number of amides is 1. The number of rotatable bonds is 7. The number of nitrogens with zero attached hydrogens (tertiary/aromatic N) is 1. The highest BCUT2D eigenvalue weighted by Gasteiger charge is 2.32. The second kappa shape index (κ2) is 10.7. The van der Waals surface area contributed by atoms with E-state index in [0.29, 0.717) is 12.2 Å². The van der Waals surface area contributed by atoms with Gasteiger partial charge in [-0.15, -0.1) is 0 Å². The molecule has 0 aliphatic rings. The molecule has 0 bridgehead atoms. The normalized spacial score (nSPS) is 11.4. The molecule has 0 aliphatic carbocycles. The lowest BCUT2D eigenvalue weighted by Crippen LogP contribution is -2.18. The molecule has 0 unspecified atom stereocenters. The average Bonchev–Trinajstić information content (AvgIpc) is 2.88. The number of hydrazone groups is 1. The lowest BCUT2D eigenvalue weighted by atomic mass is 10.0. The van der Waals surface area contributed by atoms with Gasteiger partial charge in [0.2, 0.25) is 0 Å². The molecule has 176 valence electrons. The number of hydrogen-bond donors (Lipinski definition) is 1. The summed E-state index contributed by atoms with van der Waals surface area (Å²) in [5, 5.41) is 3.68. The topological polar surface area (TPSA) is 50.7 Å². The summed E-state index contributed by atoms with van der Waals surface area (Å²) < 4.78 is 45.2. The molecule has 0 atom stereocenters. The summed E-state index contributed by atoms with van der Waals surface area (Å²) in [5.74, 6) is 0.210. The van der Waals surface area contributed by atoms with Crippen LogP contribution in [0.25, 0.3) is 11.1 Å². The third kappa shape index (κ3) is 6.14. The second-order valence-corrected chi connectivity index (χ2v) is 7.63. The molecule has 0 heterocycles. The van der Waals surface area contributed by atoms with Crippen molar-refractivity contribution < 1.29 is 22.7 Å². The van der Waals surface area contributed by atoms with Crippen molar-refractivity contribution in [2.45, 2.75) is 12.8 Å². The first kappa shape index (κ1) is 23.8. The Morgan fingerprint density at radius 2 is 1.49 bits per heavy atom. The minimum atomic E-state index is -4.51. The lowest BCUT2D eigenvalue weighted by Gasteiger charge is -2.12. The number of carbonyl (C=O) groups is 1. The summed E-state index contributed by atoms with van der Waals surface area (Å²) in [6.45, 7) is 0.304. The summed E-state index contributed by atoms with van der Waals surface area (Å²) in [7, 11) is 0. The minimum Gasteiger partial charge on any atom is -0.488 e. The van der Waals surface area contributed by atoms with Crippen molar-refractivity contribution >= 4 is 12.1 Å². The van der Waals surface area contributed by atoms with Gasteiger partial charge in [0.25, 0.3) is 5.91 Å². The lowest BCUT2D eigenvalue weighted by molar-refractivity contribution is -0.137. The summed E-state index contributed by atoms with van der Waals surface area (Å²) in [6, 6.07) is 29.4. The first-order valence-corrected chi connectivity index (χ1v) is 10.8. The van der Waals surface area contributed by atoms with Crippen molar-refractivity contribution in [3.05, 3.63) is 125 Å². The molecule has 7 heteroatoms. The number of hydrogen-bond acceptors (Lipinski definition) is 3. The molecule has 0 fully saturated rings. The standard InChI is InChI=1S/C28H21F3N2O2/c29-28(30,31)25-12-6-4-10-23(25)18-32-33-27(34)22-16-14-20(15-17-22)19-35-26-13-7-5-11-24(26)21-8-2-1-3-9-21/h1-18H,19H2,(H,33,34). The molecule has 35 heavy (non-hydrogen) atoms. The molecule has 0 radical (unpaired) electrons. The number of halogens is 3. The smallest absolute Gasteiger partial charge is 0.417 e. The Labute approximate surface area is 200 Å². The molecular weight excluding hydrogens is 453 g/mol. The Morgan fingerprint density at radius 1 is 0.829 bits per heavy atom. The first-order chi connectivity index (χ1) is 16.9. The van der Waals surface area contributed by atoms with Crippen LogP contribution in [0, 0.1) is 0 Å². The third-order valence-electron chi connectivity index (χ3n) is 5.22. The van der Waals surface area contributed by atoms with Crippen molar-refractivity contribution in [3.63, 3.8) is 0 Å². The van der Waals surface area contributed by atoms with Gasteiger partial charge < -0.3 is 4.74 Å². The van der Waals surface area contributed by atoms with E-state index < -0.39 is 17.6 Å². The highest BCUT2D eigenvalue weighted by molar-refractivity contribution is 5.95. The largest absolute Gasteiger partial charge is 0.488 e. The van der Waals surface area contributed by atoms with Gasteiger partial charge in [0.1, 0.15) is 12.4 Å². The molecule has 0 saturated heterocycles. The molecule has 0 saturated carbocycles. The SMILES string of the molecule is O=C(NN=Cc1ccccc1C(F)(F)F)c1ccc(COc2ccccc2-c2ccccc2)cc1. The van der Waals surface area contributed by atoms with E-state index in [-0.39, 0.29) is 5.56 Å². The van der Waals surface area contributed by atoms with Gasteiger partial charge in [-0.3, -0.25) is 4.79 Å². The Hall–Kier alpha value is -4.39. The van der Waals surface area contributed by atoms with E-state index in [9.17, 15) is 18.0 Å². The third-order valence-corrected chi connectivity index (χ3v) is 5.22. The van der Waals surface area contributed by atoms with E-state index in [1.807, 2.05) is 54.6 Å². The van der Waals surface area contributed by atoms with Crippen molar-refractivity contribution in [2.24, 2.45) is 5.10 Å². The molecule has 4 aromatic carbocycles. The fraction of sp³-hybridized carbons (Fsp3) is 0.0714. The van der Waals surface area contributed by atoms with Crippen molar-refractivity contribution in [3.8, 4) is 16.9 Å². The van der Waals surface area contributed by atoms with E-state index in [2.05, 4.69) is 10.5 Å². The van der Waals surface area contributed by atoms with Crippen LogP contribution in [0.1, 0.15) is 27.0 Å². The number of carbonyl (C=O) groups excluding carboxylic acids is 1. The molecule has 1 amide bonds. The van der Waals surface area contributed by atoms with Crippen LogP contribution in [-0.4, -0.2) is 12.1 Å². The monoisotopic (exact) mass is 474 g/mol. The molecule has 4 nitrogen and oxygen atoms in total. The van der Waals surface area contributed by atoms with Gasteiger partial charge in [-0.25, -0.2) is 5.43 Å². The Kier molecular flexibility index (Phi) is 7.26. The predicted octanol–water partition coefficient (Wildman–Crippen LogP) is 6.72. The van der Waals surface area contributed by atoms with E-state index in [1.165, 1.54) is 18.2 Å². The van der Waals surface area contributed by atoms with Gasteiger partial charge in [-0.05, 0) is 35.4 Å². The zero-order valence-electron chi connectivity index (χ0n) is 18.5. The fourth-order valence-corrected chi connectivity index (χ4v) is 3.45. The van der Waals surface area contributed by atoms with E-state index in [4.69, 9.17) is 4.74 Å². The number of alkyl halides is 3. The van der Waals surface area contributed by atoms with Gasteiger partial charge in [0.05, 0.1) is 11.8 Å². The van der Waals surface area contributed by atoms with Crippen LogP contribution in [-0.2, 0) is 12.8 Å². The Balaban J connectivity index is 1.37. The molecule has 4 aromatic rings. The zero-order chi connectivity index (χ0) is 24.7. The van der Waals surface area contributed by atoms with E-state index in [0.717, 1.165) is 34.7 Å². The highest BCUT2D eigenvalue weighted by atomic mass is 19.4. The summed E-state index contributed by atoms with van der Waals surface area (Å²) in [4.78, 5) is 12.3. The molecule has 0 aromatic heterocycles. The van der Waals surface area contributed by atoms with Gasteiger partial charge in [0.15, 0.2) is 0 Å². The van der Waals surface area contributed by atoms with Crippen LogP contribution in [0.2, 0.25) is 0 Å². The highest BCUT2D eigenvalue weighted by Crippen LogP contribution is 2.31. The van der Waals surface area contributed by atoms with Crippen LogP contribution in [0.5, 0.6) is 5.75 Å². The Morgan fingerprint density at radius 3 is 2.23 bits per heavy atom. The predicted molar refractivity (Wildman–Crippen MR) is 129 cm³/mol. The maximum Gasteiger partial charge on any atom is 0.417 e. The van der Waals surface area contributed by atoms with Gasteiger partial charge in [-0.2, -0.15) is 18.3 Å². The van der Waals surface area contributed by atoms with Crippen LogP contribution < -0.4 is 10.2 Å². The summed E-state index contributed by atoms with van der Waals surface area (Å²) in [5.41, 5.74) is 4.51. The molecule has 0 spiro atoms. The quantitative estimate of drug-likeness (QED) is 0.239. The van der Waals surface area contributed by atoms with Crippen LogP contribution >= 0.6 is 0 Å². The van der Waals surface area contributed by atoms with Crippen molar-refractivity contribution in [2.75, 3.05) is 0 Å². The van der Waals surface area contributed by atoms with Crippen molar-refractivity contribution in [1.29, 1.82) is 0 Å². The second-order valence-electron chi connectivity index (χ2n) is 7.63. The number of nitrogens with one attached hydrogen (secondary N) is 1. The zero-order valence-corrected chi connectivity index (χ0v) is 18.5. The molecular formula is C28H21F3N2O2. The molecule has 0 aliphatic heterocycles. The van der Waals surface area contributed by atoms with Crippen LogP contribution in [0.15, 0.2) is 108 Å². The maximum atomic E-state index is 13.1. The average molecular weight is 474 g/mol. The van der Waals surface area contributed by atoms with Gasteiger partial charge >= 0.3 is 6.18 Å². The number of para-hydroxylation sites is 1. The minimum absolute atomic E-state index is 0.136. The Bertz CT molecular complexity index is 1320. The number of ether oxygens (including phenoxy) is 1. The summed E-state index contributed by atoms with van der Waals surface area (Å²) in [6.07, 6.45) is -3.53. The molecule has 4 rings (SSSR count). The number of benzene rings is 4. The van der Waals surface area contributed by atoms with Crippen molar-refractivity contribution in [1.82, 2.24) is 5.43 Å².